The zero-order valence-electron chi connectivity index (χ0n) is 13.8. The van der Waals surface area contributed by atoms with E-state index in [9.17, 15) is 12.8 Å². The molecule has 6 heteroatoms. The summed E-state index contributed by atoms with van der Waals surface area (Å²) in [6.45, 7) is 3.19. The van der Waals surface area contributed by atoms with Gasteiger partial charge in [0.1, 0.15) is 5.82 Å². The lowest BCUT2D eigenvalue weighted by Gasteiger charge is -2.13. The number of fused-ring (bicyclic) bond motifs is 1. The second-order valence-corrected chi connectivity index (χ2v) is 8.07. The molecule has 0 bridgehead atoms. The van der Waals surface area contributed by atoms with Crippen LogP contribution in [-0.4, -0.2) is 20.7 Å². The molecule has 1 unspecified atom stereocenters. The van der Waals surface area contributed by atoms with E-state index in [1.54, 1.807) is 6.07 Å². The van der Waals surface area contributed by atoms with E-state index >= 15 is 0 Å². The zero-order valence-corrected chi connectivity index (χ0v) is 14.6. The van der Waals surface area contributed by atoms with E-state index in [1.165, 1.54) is 37.8 Å². The lowest BCUT2D eigenvalue weighted by Crippen LogP contribution is -2.32. The third-order valence-electron chi connectivity index (χ3n) is 4.26. The fraction of sp³-hybridized carbons (Fsp3) is 0.647. The van der Waals surface area contributed by atoms with Crippen molar-refractivity contribution >= 4 is 10.0 Å². The monoisotopic (exact) mass is 342 g/mol. The first-order valence-corrected chi connectivity index (χ1v) is 10.2. The number of nitrogens with one attached hydrogen (secondary N) is 2. The molecule has 0 saturated carbocycles. The van der Waals surface area contributed by atoms with Gasteiger partial charge in [-0.15, -0.1) is 0 Å². The number of benzene rings is 1. The standard InChI is InChI=1S/C17H27FN2O2S/c1-2-3-4-5-6-7-10-20-23(21,22)13-17-16-9-8-15(18)11-14(16)12-19-17/h8-9,11,17,19-20H,2-7,10,12-13H2,1H3. The summed E-state index contributed by atoms with van der Waals surface area (Å²) in [6, 6.07) is 4.28. The minimum Gasteiger partial charge on any atom is -0.305 e. The van der Waals surface area contributed by atoms with Gasteiger partial charge < -0.3 is 5.32 Å². The van der Waals surface area contributed by atoms with E-state index in [4.69, 9.17) is 0 Å². The van der Waals surface area contributed by atoms with Crippen LogP contribution in [0.15, 0.2) is 18.2 Å². The molecule has 1 aromatic carbocycles. The summed E-state index contributed by atoms with van der Waals surface area (Å²) in [5, 5.41) is 3.14. The summed E-state index contributed by atoms with van der Waals surface area (Å²) in [5.74, 6) is -0.281. The maximum absolute atomic E-state index is 13.2. The van der Waals surface area contributed by atoms with E-state index in [0.717, 1.165) is 24.0 Å². The Labute approximate surface area is 138 Å². The fourth-order valence-electron chi connectivity index (χ4n) is 2.97. The van der Waals surface area contributed by atoms with Gasteiger partial charge in [-0.05, 0) is 29.7 Å². The van der Waals surface area contributed by atoms with Crippen LogP contribution in [0.1, 0.15) is 62.6 Å². The average molecular weight is 342 g/mol. The first-order chi connectivity index (χ1) is 11.0. The van der Waals surface area contributed by atoms with Crippen molar-refractivity contribution in [3.8, 4) is 0 Å². The minimum absolute atomic E-state index is 0.00146. The van der Waals surface area contributed by atoms with Gasteiger partial charge in [-0.2, -0.15) is 0 Å². The van der Waals surface area contributed by atoms with E-state index in [0.29, 0.717) is 13.1 Å². The van der Waals surface area contributed by atoms with Crippen LogP contribution in [-0.2, 0) is 16.6 Å². The van der Waals surface area contributed by atoms with Gasteiger partial charge in [0, 0.05) is 19.1 Å². The molecule has 23 heavy (non-hydrogen) atoms. The molecule has 2 N–H and O–H groups in total. The molecule has 1 heterocycles. The Kier molecular flexibility index (Phi) is 6.99. The normalized spacial score (nSPS) is 17.4. The summed E-state index contributed by atoms with van der Waals surface area (Å²) in [6.07, 6.45) is 6.79. The van der Waals surface area contributed by atoms with Crippen LogP contribution in [0.5, 0.6) is 0 Å². The van der Waals surface area contributed by atoms with Crippen molar-refractivity contribution < 1.29 is 12.8 Å². The Morgan fingerprint density at radius 1 is 1.22 bits per heavy atom. The molecular weight excluding hydrogens is 315 g/mol. The fourth-order valence-corrected chi connectivity index (χ4v) is 4.28. The quantitative estimate of drug-likeness (QED) is 0.642. The summed E-state index contributed by atoms with van der Waals surface area (Å²) in [4.78, 5) is 0. The van der Waals surface area contributed by atoms with Crippen molar-refractivity contribution in [3.63, 3.8) is 0 Å². The van der Waals surface area contributed by atoms with Gasteiger partial charge >= 0.3 is 0 Å². The van der Waals surface area contributed by atoms with Crippen LogP contribution in [0.4, 0.5) is 4.39 Å². The van der Waals surface area contributed by atoms with Crippen molar-refractivity contribution in [2.45, 2.75) is 58.0 Å². The lowest BCUT2D eigenvalue weighted by molar-refractivity contribution is 0.551. The van der Waals surface area contributed by atoms with Crippen molar-refractivity contribution in [2.24, 2.45) is 0 Å². The van der Waals surface area contributed by atoms with Crippen LogP contribution < -0.4 is 10.0 Å². The summed E-state index contributed by atoms with van der Waals surface area (Å²) in [5.41, 5.74) is 1.73. The second-order valence-electron chi connectivity index (χ2n) is 6.22. The molecule has 130 valence electrons. The molecule has 0 aliphatic carbocycles. The first kappa shape index (κ1) is 18.4. The highest BCUT2D eigenvalue weighted by Crippen LogP contribution is 2.26. The molecule has 1 aliphatic rings. The molecule has 1 aliphatic heterocycles. The van der Waals surface area contributed by atoms with Gasteiger partial charge in [0.25, 0.3) is 0 Å². The van der Waals surface area contributed by atoms with Crippen LogP contribution in [0.2, 0.25) is 0 Å². The molecule has 0 amide bonds. The Hall–Kier alpha value is -0.980. The third-order valence-corrected chi connectivity index (χ3v) is 5.67. The Balaban J connectivity index is 1.75. The zero-order chi connectivity index (χ0) is 16.7. The molecule has 0 aromatic heterocycles. The smallest absolute Gasteiger partial charge is 0.213 e. The van der Waals surface area contributed by atoms with Crippen molar-refractivity contribution in [2.75, 3.05) is 12.3 Å². The number of hydrogen-bond acceptors (Lipinski definition) is 3. The minimum atomic E-state index is -3.32. The average Bonchev–Trinajstić information content (AvgIpc) is 2.87. The number of sulfonamides is 1. The molecule has 0 saturated heterocycles. The molecule has 0 radical (unpaired) electrons. The van der Waals surface area contributed by atoms with Gasteiger partial charge in [0.2, 0.25) is 10.0 Å². The Bertz CT molecular complexity index is 605. The number of unbranched alkanes of at least 4 members (excludes halogenated alkanes) is 5. The molecular formula is C17H27FN2O2S. The number of halogens is 1. The van der Waals surface area contributed by atoms with Crippen molar-refractivity contribution in [1.82, 2.24) is 10.0 Å². The van der Waals surface area contributed by atoms with E-state index < -0.39 is 10.0 Å². The molecule has 1 aromatic rings. The highest BCUT2D eigenvalue weighted by molar-refractivity contribution is 7.89. The largest absolute Gasteiger partial charge is 0.305 e. The van der Waals surface area contributed by atoms with Gasteiger partial charge in [0.15, 0.2) is 0 Å². The Morgan fingerprint density at radius 2 is 1.96 bits per heavy atom. The summed E-state index contributed by atoms with van der Waals surface area (Å²) >= 11 is 0. The Morgan fingerprint density at radius 3 is 2.74 bits per heavy atom. The van der Waals surface area contributed by atoms with Crippen LogP contribution in [0.3, 0.4) is 0 Å². The van der Waals surface area contributed by atoms with E-state index in [1.807, 2.05) is 0 Å². The molecule has 2 rings (SSSR count). The van der Waals surface area contributed by atoms with Gasteiger partial charge in [-0.3, -0.25) is 0 Å². The van der Waals surface area contributed by atoms with Gasteiger partial charge in [-0.25, -0.2) is 17.5 Å². The van der Waals surface area contributed by atoms with Gasteiger partial charge in [-0.1, -0.05) is 45.1 Å². The van der Waals surface area contributed by atoms with Crippen LogP contribution in [0.25, 0.3) is 0 Å². The predicted molar refractivity (Wildman–Crippen MR) is 91.1 cm³/mol. The SMILES string of the molecule is CCCCCCCCNS(=O)(=O)CC1NCc2cc(F)ccc21. The third kappa shape index (κ3) is 5.86. The maximum Gasteiger partial charge on any atom is 0.213 e. The molecule has 0 spiro atoms. The van der Waals surface area contributed by atoms with Crippen LogP contribution >= 0.6 is 0 Å². The van der Waals surface area contributed by atoms with E-state index in [-0.39, 0.29) is 17.6 Å². The van der Waals surface area contributed by atoms with Crippen molar-refractivity contribution in [3.05, 3.63) is 35.1 Å². The summed E-state index contributed by atoms with van der Waals surface area (Å²) in [7, 11) is -3.32. The number of rotatable bonds is 10. The molecule has 4 nitrogen and oxygen atoms in total. The highest BCUT2D eigenvalue weighted by Gasteiger charge is 2.26. The predicted octanol–water partition coefficient (Wildman–Crippen LogP) is 3.25. The highest BCUT2D eigenvalue weighted by atomic mass is 32.2. The first-order valence-electron chi connectivity index (χ1n) is 8.51. The molecule has 1 atom stereocenters. The second kappa shape index (κ2) is 8.76. The topological polar surface area (TPSA) is 58.2 Å². The lowest BCUT2D eigenvalue weighted by atomic mass is 10.1. The number of hydrogen-bond donors (Lipinski definition) is 2. The van der Waals surface area contributed by atoms with Crippen molar-refractivity contribution in [1.29, 1.82) is 0 Å². The van der Waals surface area contributed by atoms with Crippen LogP contribution in [0, 0.1) is 5.82 Å². The van der Waals surface area contributed by atoms with E-state index in [2.05, 4.69) is 17.0 Å². The summed E-state index contributed by atoms with van der Waals surface area (Å²) < 4.78 is 40.2. The maximum atomic E-state index is 13.2. The molecule has 0 fully saturated rings. The van der Waals surface area contributed by atoms with Gasteiger partial charge in [0.05, 0.1) is 5.75 Å².